The van der Waals surface area contributed by atoms with Crippen molar-refractivity contribution < 1.29 is 9.53 Å². The maximum Gasteiger partial charge on any atom is 0.410 e. The van der Waals surface area contributed by atoms with Crippen LogP contribution in [0.15, 0.2) is 53.6 Å². The number of likely N-dealkylation sites (tertiary alicyclic amines) is 1. The molecule has 1 aliphatic heterocycles. The van der Waals surface area contributed by atoms with Crippen molar-refractivity contribution in [3.8, 4) is 0 Å². The van der Waals surface area contributed by atoms with Gasteiger partial charge in [0.25, 0.3) is 0 Å². The summed E-state index contributed by atoms with van der Waals surface area (Å²) in [6.07, 6.45) is 1.57. The van der Waals surface area contributed by atoms with Crippen molar-refractivity contribution in [3.63, 3.8) is 0 Å². The minimum atomic E-state index is -0.503. The number of nitrogens with one attached hydrogen (secondary N) is 1. The smallest absolute Gasteiger partial charge is 0.410 e. The number of ether oxygens (including phenoxy) is 1. The fraction of sp³-hybridized carbons (Fsp3) is 0.500. The molecule has 2 unspecified atom stereocenters. The third-order valence-electron chi connectivity index (χ3n) is 5.51. The van der Waals surface area contributed by atoms with E-state index in [1.165, 1.54) is 5.56 Å². The number of nitrogens with two attached hydrogens (primary N) is 1. The van der Waals surface area contributed by atoms with Gasteiger partial charge in [0.1, 0.15) is 16.4 Å². The molecule has 7 heteroatoms. The Morgan fingerprint density at radius 2 is 1.97 bits per heavy atom. The van der Waals surface area contributed by atoms with E-state index in [-0.39, 0.29) is 17.7 Å². The Morgan fingerprint density at radius 3 is 2.61 bits per heavy atom. The highest BCUT2D eigenvalue weighted by Crippen LogP contribution is 2.39. The van der Waals surface area contributed by atoms with Crippen molar-refractivity contribution in [3.05, 3.63) is 54.1 Å². The lowest BCUT2D eigenvalue weighted by Crippen LogP contribution is -2.45. The van der Waals surface area contributed by atoms with E-state index in [0.717, 1.165) is 35.6 Å². The molecule has 168 valence electrons. The summed E-state index contributed by atoms with van der Waals surface area (Å²) in [6.45, 7) is 10.6. The first-order valence-electron chi connectivity index (χ1n) is 10.7. The van der Waals surface area contributed by atoms with Crippen LogP contribution in [-0.2, 0) is 4.74 Å². The predicted octanol–water partition coefficient (Wildman–Crippen LogP) is 5.63. The monoisotopic (exact) mass is 442 g/mol. The van der Waals surface area contributed by atoms with Crippen LogP contribution in [0.2, 0.25) is 0 Å². The van der Waals surface area contributed by atoms with Gasteiger partial charge in [-0.15, -0.1) is 0 Å². The first-order valence-corrected chi connectivity index (χ1v) is 11.6. The molecule has 6 nitrogen and oxygen atoms in total. The molecule has 2 atom stereocenters. The topological polar surface area (TPSA) is 80.5 Å². The van der Waals surface area contributed by atoms with Gasteiger partial charge < -0.3 is 15.0 Å². The van der Waals surface area contributed by atoms with Crippen LogP contribution in [-0.4, -0.2) is 33.7 Å². The zero-order valence-corrected chi connectivity index (χ0v) is 19.9. The molecule has 0 radical (unpaired) electrons. The molecule has 3 rings (SSSR count). The summed E-state index contributed by atoms with van der Waals surface area (Å²) in [6, 6.07) is 16.3. The van der Waals surface area contributed by atoms with Crippen LogP contribution in [0.3, 0.4) is 0 Å². The quantitative estimate of drug-likeness (QED) is 0.565. The highest BCUT2D eigenvalue weighted by atomic mass is 32.2. The van der Waals surface area contributed by atoms with Crippen molar-refractivity contribution >= 4 is 23.9 Å². The fourth-order valence-electron chi connectivity index (χ4n) is 4.22. The lowest BCUT2D eigenvalue weighted by Gasteiger charge is -2.33. The molecule has 1 fully saturated rings. The second kappa shape index (κ2) is 9.49. The number of hydrogen-bond acceptors (Lipinski definition) is 6. The zero-order chi connectivity index (χ0) is 22.6. The number of amides is 1. The number of benzene rings is 1. The van der Waals surface area contributed by atoms with Crippen LogP contribution in [0.1, 0.15) is 59.1 Å². The summed E-state index contributed by atoms with van der Waals surface area (Å²) in [5.74, 6) is 1.14. The molecule has 3 N–H and O–H groups in total. The van der Waals surface area contributed by atoms with E-state index < -0.39 is 5.60 Å². The van der Waals surface area contributed by atoms with Crippen molar-refractivity contribution in [1.29, 1.82) is 0 Å². The van der Waals surface area contributed by atoms with Crippen molar-refractivity contribution in [1.82, 2.24) is 9.88 Å². The molecule has 1 aromatic heterocycles. The van der Waals surface area contributed by atoms with Crippen LogP contribution in [0.25, 0.3) is 0 Å². The van der Waals surface area contributed by atoms with Crippen molar-refractivity contribution in [2.24, 2.45) is 11.1 Å². The molecule has 2 heterocycles. The zero-order valence-electron chi connectivity index (χ0n) is 19.1. The van der Waals surface area contributed by atoms with Crippen LogP contribution in [0, 0.1) is 5.92 Å². The van der Waals surface area contributed by atoms with Gasteiger partial charge in [0.15, 0.2) is 0 Å². The number of carbonyl (C=O) groups is 1. The van der Waals surface area contributed by atoms with Crippen LogP contribution >= 0.6 is 11.9 Å². The van der Waals surface area contributed by atoms with E-state index in [0.29, 0.717) is 12.5 Å². The van der Waals surface area contributed by atoms with Gasteiger partial charge in [-0.3, -0.25) is 5.14 Å². The van der Waals surface area contributed by atoms with E-state index in [1.54, 1.807) is 0 Å². The molecule has 1 saturated heterocycles. The molecule has 31 heavy (non-hydrogen) atoms. The highest BCUT2D eigenvalue weighted by Gasteiger charge is 2.43. The van der Waals surface area contributed by atoms with E-state index in [4.69, 9.17) is 9.88 Å². The van der Waals surface area contributed by atoms with Gasteiger partial charge in [-0.1, -0.05) is 36.4 Å². The second-order valence-corrected chi connectivity index (χ2v) is 10.4. The third-order valence-corrected chi connectivity index (χ3v) is 5.98. The number of nitrogens with zero attached hydrogens (tertiary/aromatic N) is 2. The second-order valence-electron chi connectivity index (χ2n) is 9.80. The average Bonchev–Trinajstić information content (AvgIpc) is 3.01. The minimum Gasteiger partial charge on any atom is -0.444 e. The molecular weight excluding hydrogens is 408 g/mol. The summed E-state index contributed by atoms with van der Waals surface area (Å²) < 4.78 is 5.66. The molecule has 1 aromatic carbocycles. The maximum absolute atomic E-state index is 12.8. The Morgan fingerprint density at radius 1 is 1.26 bits per heavy atom. The van der Waals surface area contributed by atoms with Gasteiger partial charge >= 0.3 is 6.09 Å². The summed E-state index contributed by atoms with van der Waals surface area (Å²) in [4.78, 5) is 19.3. The van der Waals surface area contributed by atoms with Crippen molar-refractivity contribution in [2.75, 3.05) is 11.9 Å². The third kappa shape index (κ3) is 6.37. The van der Waals surface area contributed by atoms with E-state index in [2.05, 4.69) is 48.4 Å². The van der Waals surface area contributed by atoms with Gasteiger partial charge in [-0.05, 0) is 83.0 Å². The van der Waals surface area contributed by atoms with Gasteiger partial charge in [-0.25, -0.2) is 9.78 Å². The highest BCUT2D eigenvalue weighted by molar-refractivity contribution is 7.97. The molecule has 2 aromatic rings. The Bertz CT molecular complexity index is 883. The summed E-state index contributed by atoms with van der Waals surface area (Å²) >= 11 is 1.14. The molecule has 0 spiro atoms. The van der Waals surface area contributed by atoms with Gasteiger partial charge in [0.2, 0.25) is 0 Å². The molecular formula is C24H34N4O2S. The van der Waals surface area contributed by atoms with Gasteiger partial charge in [0.05, 0.1) is 6.04 Å². The van der Waals surface area contributed by atoms with Gasteiger partial charge in [0, 0.05) is 12.1 Å². The molecule has 0 saturated carbocycles. The van der Waals surface area contributed by atoms with Gasteiger partial charge in [-0.2, -0.15) is 0 Å². The predicted molar refractivity (Wildman–Crippen MR) is 127 cm³/mol. The van der Waals surface area contributed by atoms with Crippen LogP contribution < -0.4 is 10.5 Å². The Balaban J connectivity index is 1.77. The lowest BCUT2D eigenvalue weighted by molar-refractivity contribution is 0.0130. The summed E-state index contributed by atoms with van der Waals surface area (Å²) in [5, 5.41) is 10.1. The average molecular weight is 443 g/mol. The number of hydrogen-bond donors (Lipinski definition) is 2. The number of aromatic nitrogens is 1. The fourth-order valence-corrected chi connectivity index (χ4v) is 4.53. The Labute approximate surface area is 190 Å². The molecule has 0 aliphatic carbocycles. The summed E-state index contributed by atoms with van der Waals surface area (Å²) in [5.41, 5.74) is 0.447. The summed E-state index contributed by atoms with van der Waals surface area (Å²) in [7, 11) is 0. The maximum atomic E-state index is 12.8. The lowest BCUT2D eigenvalue weighted by atomic mass is 9.89. The first-order chi connectivity index (χ1) is 14.6. The van der Waals surface area contributed by atoms with Crippen LogP contribution in [0.5, 0.6) is 0 Å². The number of carbonyl (C=O) groups excluding carboxylic acids is 1. The minimum absolute atomic E-state index is 0.0751. The van der Waals surface area contributed by atoms with E-state index in [9.17, 15) is 4.79 Å². The van der Waals surface area contributed by atoms with E-state index in [1.807, 2.05) is 49.9 Å². The largest absolute Gasteiger partial charge is 0.444 e. The molecule has 1 amide bonds. The number of pyridine rings is 1. The van der Waals surface area contributed by atoms with Crippen molar-refractivity contribution in [2.45, 2.75) is 69.7 Å². The van der Waals surface area contributed by atoms with Crippen LogP contribution in [0.4, 0.5) is 10.6 Å². The molecule has 0 bridgehead atoms. The first kappa shape index (κ1) is 23.4. The Kier molecular flexibility index (Phi) is 7.17. The number of anilines is 1. The Hall–Kier alpha value is -2.25. The standard InChI is InChI=1S/C24H34N4O2S/c1-23(2,3)30-22(29)28-16-17(15-24(28,4)5)14-19(18-10-7-6-8-11-18)26-20-12-9-13-21(27-20)31-25/h6-13,17,19H,14-16,25H2,1-5H3,(H,26,27). The SMILES string of the molecule is CC(C)(C)OC(=O)N1CC(CC(Nc2cccc(SN)n2)c2ccccc2)CC1(C)C. The number of rotatable bonds is 6. The van der Waals surface area contributed by atoms with E-state index >= 15 is 0 Å². The molecule has 1 aliphatic rings. The normalized spacial score (nSPS) is 19.2.